The third kappa shape index (κ3) is 4.59. The molecule has 0 aliphatic heterocycles. The molecule has 3 atom stereocenters. The zero-order valence-corrected chi connectivity index (χ0v) is 12.4. The van der Waals surface area contributed by atoms with Crippen molar-refractivity contribution in [3.63, 3.8) is 0 Å². The first-order valence-electron chi connectivity index (χ1n) is 7.96. The van der Waals surface area contributed by atoms with E-state index < -0.39 is 12.7 Å². The Kier molecular flexibility index (Phi) is 5.52. The van der Waals surface area contributed by atoms with E-state index in [1.165, 1.54) is 19.3 Å². The number of amides is 1. The molecular weight excluding hydrogens is 281 g/mol. The maximum Gasteiger partial charge on any atom is 0.406 e. The van der Waals surface area contributed by atoms with E-state index in [0.717, 1.165) is 30.6 Å². The molecule has 2 saturated carbocycles. The number of rotatable bonds is 4. The van der Waals surface area contributed by atoms with Crippen LogP contribution in [0, 0.1) is 17.8 Å². The van der Waals surface area contributed by atoms with E-state index in [-0.39, 0.29) is 24.9 Å². The summed E-state index contributed by atoms with van der Waals surface area (Å²) < 4.78 is 37.8. The first-order chi connectivity index (χ1) is 9.90. The largest absolute Gasteiger partial charge is 0.406 e. The lowest BCUT2D eigenvalue weighted by Crippen LogP contribution is -2.46. The van der Waals surface area contributed by atoms with E-state index in [1.54, 1.807) is 0 Å². The maximum absolute atomic E-state index is 12.6. The number of carbonyl (C=O) groups is 1. The Morgan fingerprint density at radius 1 is 1.10 bits per heavy atom. The number of carbonyl (C=O) groups excluding carboxylic acids is 1. The van der Waals surface area contributed by atoms with Gasteiger partial charge < -0.3 is 10.6 Å². The third-order valence-corrected chi connectivity index (χ3v) is 4.97. The molecule has 3 nitrogen and oxygen atoms in total. The molecule has 0 saturated heterocycles. The Hall–Kier alpha value is -0.780. The summed E-state index contributed by atoms with van der Waals surface area (Å²) in [6.45, 7) is -1.11. The van der Waals surface area contributed by atoms with E-state index in [4.69, 9.17) is 5.73 Å². The Balaban J connectivity index is 1.96. The lowest BCUT2D eigenvalue weighted by molar-refractivity contribution is -0.164. The van der Waals surface area contributed by atoms with Crippen LogP contribution in [0.4, 0.5) is 13.2 Å². The van der Waals surface area contributed by atoms with Gasteiger partial charge in [0.2, 0.25) is 5.91 Å². The Morgan fingerprint density at radius 2 is 1.76 bits per heavy atom. The number of alkyl halides is 3. The predicted octanol–water partition coefficient (Wildman–Crippen LogP) is 2.94. The lowest BCUT2D eigenvalue weighted by atomic mass is 9.67. The molecule has 2 fully saturated rings. The number of halogens is 3. The van der Waals surface area contributed by atoms with Gasteiger partial charge in [-0.3, -0.25) is 4.79 Å². The fourth-order valence-electron chi connectivity index (χ4n) is 4.00. The second kappa shape index (κ2) is 6.99. The van der Waals surface area contributed by atoms with Gasteiger partial charge in [-0.2, -0.15) is 13.2 Å². The highest BCUT2D eigenvalue weighted by Gasteiger charge is 2.39. The molecule has 2 rings (SSSR count). The molecule has 122 valence electrons. The zero-order valence-electron chi connectivity index (χ0n) is 12.4. The van der Waals surface area contributed by atoms with Gasteiger partial charge in [-0.15, -0.1) is 0 Å². The summed E-state index contributed by atoms with van der Waals surface area (Å²) in [7, 11) is 0. The van der Waals surface area contributed by atoms with Crippen molar-refractivity contribution < 1.29 is 18.0 Å². The zero-order chi connectivity index (χ0) is 15.5. The molecule has 3 unspecified atom stereocenters. The van der Waals surface area contributed by atoms with Crippen LogP contribution in [0.5, 0.6) is 0 Å². The summed E-state index contributed by atoms with van der Waals surface area (Å²) in [6, 6.07) is 0. The molecule has 2 aliphatic rings. The van der Waals surface area contributed by atoms with Crippen LogP contribution in [-0.2, 0) is 4.79 Å². The third-order valence-electron chi connectivity index (χ3n) is 4.97. The van der Waals surface area contributed by atoms with Gasteiger partial charge >= 0.3 is 6.18 Å². The van der Waals surface area contributed by atoms with Gasteiger partial charge in [0.05, 0.1) is 0 Å². The normalized spacial score (nSPS) is 29.8. The lowest BCUT2D eigenvalue weighted by Gasteiger charge is -2.40. The second-order valence-electron chi connectivity index (χ2n) is 6.48. The molecule has 2 aliphatic carbocycles. The van der Waals surface area contributed by atoms with Crippen LogP contribution < -0.4 is 5.73 Å². The quantitative estimate of drug-likeness (QED) is 0.868. The van der Waals surface area contributed by atoms with Crippen molar-refractivity contribution in [1.82, 2.24) is 4.90 Å². The molecule has 0 spiro atoms. The summed E-state index contributed by atoms with van der Waals surface area (Å²) in [5, 5.41) is 0. The summed E-state index contributed by atoms with van der Waals surface area (Å²) >= 11 is 0. The number of fused-ring (bicyclic) bond motifs is 1. The molecule has 0 aromatic carbocycles. The molecule has 21 heavy (non-hydrogen) atoms. The number of nitrogens with two attached hydrogens (primary N) is 1. The monoisotopic (exact) mass is 306 g/mol. The topological polar surface area (TPSA) is 46.3 Å². The highest BCUT2D eigenvalue weighted by atomic mass is 19.4. The summed E-state index contributed by atoms with van der Waals surface area (Å²) in [4.78, 5) is 13.3. The molecular formula is C15H25F3N2O. The van der Waals surface area contributed by atoms with Crippen LogP contribution >= 0.6 is 0 Å². The van der Waals surface area contributed by atoms with E-state index >= 15 is 0 Å². The Labute approximate surface area is 124 Å². The molecule has 0 heterocycles. The average molecular weight is 306 g/mol. The van der Waals surface area contributed by atoms with Crippen LogP contribution in [-0.4, -0.2) is 36.6 Å². The Morgan fingerprint density at radius 3 is 2.38 bits per heavy atom. The molecule has 0 aromatic heterocycles. The number of nitrogens with zero attached hydrogens (tertiary/aromatic N) is 1. The smallest absolute Gasteiger partial charge is 0.332 e. The van der Waals surface area contributed by atoms with Gasteiger partial charge in [0, 0.05) is 19.0 Å². The molecule has 6 heteroatoms. The SMILES string of the molecule is NCCN(CC(F)(F)F)C(=O)C1CCC2CCCCC2C1. The van der Waals surface area contributed by atoms with Gasteiger partial charge in [-0.25, -0.2) is 0 Å². The van der Waals surface area contributed by atoms with Crippen LogP contribution in [0.2, 0.25) is 0 Å². The summed E-state index contributed by atoms with van der Waals surface area (Å²) in [6.07, 6.45) is 2.94. The molecule has 0 aromatic rings. The highest BCUT2D eigenvalue weighted by Crippen LogP contribution is 2.43. The minimum atomic E-state index is -4.35. The first kappa shape index (κ1) is 16.6. The summed E-state index contributed by atoms with van der Waals surface area (Å²) in [5.41, 5.74) is 5.36. The first-order valence-corrected chi connectivity index (χ1v) is 7.96. The van der Waals surface area contributed by atoms with Crippen LogP contribution in [0.3, 0.4) is 0 Å². The highest BCUT2D eigenvalue weighted by molar-refractivity contribution is 5.79. The van der Waals surface area contributed by atoms with Gasteiger partial charge in [0.1, 0.15) is 6.54 Å². The van der Waals surface area contributed by atoms with Crippen LogP contribution in [0.1, 0.15) is 44.9 Å². The van der Waals surface area contributed by atoms with Crippen molar-refractivity contribution in [3.05, 3.63) is 0 Å². The minimum absolute atomic E-state index is 0.0110. The van der Waals surface area contributed by atoms with Crippen molar-refractivity contribution >= 4 is 5.91 Å². The average Bonchev–Trinajstić information content (AvgIpc) is 2.44. The standard InChI is InChI=1S/C15H25F3N2O/c16-15(17,18)10-20(8-7-19)14(21)13-6-5-11-3-1-2-4-12(11)9-13/h11-13H,1-10,19H2. The molecule has 0 radical (unpaired) electrons. The molecule has 1 amide bonds. The molecule has 2 N–H and O–H groups in total. The van der Waals surface area contributed by atoms with Crippen LogP contribution in [0.25, 0.3) is 0 Å². The molecule has 0 bridgehead atoms. The van der Waals surface area contributed by atoms with Gasteiger partial charge in [0.25, 0.3) is 0 Å². The van der Waals surface area contributed by atoms with E-state index in [0.29, 0.717) is 11.8 Å². The maximum atomic E-state index is 12.6. The summed E-state index contributed by atoms with van der Waals surface area (Å²) in [5.74, 6) is 0.639. The fourth-order valence-corrected chi connectivity index (χ4v) is 4.00. The van der Waals surface area contributed by atoms with E-state index in [9.17, 15) is 18.0 Å². The minimum Gasteiger partial charge on any atom is -0.332 e. The predicted molar refractivity (Wildman–Crippen MR) is 74.5 cm³/mol. The van der Waals surface area contributed by atoms with Gasteiger partial charge in [0.15, 0.2) is 0 Å². The Bertz CT molecular complexity index is 359. The van der Waals surface area contributed by atoms with Crippen molar-refractivity contribution in [2.75, 3.05) is 19.6 Å². The second-order valence-corrected chi connectivity index (χ2v) is 6.48. The van der Waals surface area contributed by atoms with Crippen molar-refractivity contribution in [1.29, 1.82) is 0 Å². The number of hydrogen-bond donors (Lipinski definition) is 1. The van der Waals surface area contributed by atoms with Gasteiger partial charge in [-0.1, -0.05) is 25.7 Å². The number of hydrogen-bond acceptors (Lipinski definition) is 2. The van der Waals surface area contributed by atoms with Gasteiger partial charge in [-0.05, 0) is 31.1 Å². The van der Waals surface area contributed by atoms with Crippen LogP contribution in [0.15, 0.2) is 0 Å². The fraction of sp³-hybridized carbons (Fsp3) is 0.933. The van der Waals surface area contributed by atoms with Crippen molar-refractivity contribution in [2.45, 2.75) is 51.1 Å². The van der Waals surface area contributed by atoms with Crippen molar-refractivity contribution in [2.24, 2.45) is 23.5 Å². The van der Waals surface area contributed by atoms with E-state index in [2.05, 4.69) is 0 Å². The van der Waals surface area contributed by atoms with E-state index in [1.807, 2.05) is 0 Å². The van der Waals surface area contributed by atoms with Crippen molar-refractivity contribution in [3.8, 4) is 0 Å².